The summed E-state index contributed by atoms with van der Waals surface area (Å²) in [6.07, 6.45) is 1.46. The second-order valence-electron chi connectivity index (χ2n) is 3.41. The lowest BCUT2D eigenvalue weighted by atomic mass is 10.1. The molecule has 0 amide bonds. The van der Waals surface area contributed by atoms with Crippen LogP contribution in [0.25, 0.3) is 0 Å². The number of nitrogen functional groups attached to an aromatic ring is 1. The van der Waals surface area contributed by atoms with Crippen LogP contribution in [0.2, 0.25) is 0 Å². The van der Waals surface area contributed by atoms with Crippen LogP contribution in [0.3, 0.4) is 0 Å². The van der Waals surface area contributed by atoms with E-state index in [0.717, 1.165) is 0 Å². The lowest BCUT2D eigenvalue weighted by Crippen LogP contribution is -2.17. The van der Waals surface area contributed by atoms with Crippen molar-refractivity contribution in [3.63, 3.8) is 0 Å². The number of rotatable bonds is 5. The van der Waals surface area contributed by atoms with E-state index in [4.69, 9.17) is 15.2 Å². The van der Waals surface area contributed by atoms with Crippen molar-refractivity contribution in [1.29, 1.82) is 0 Å². The number of ether oxygens (including phenoxy) is 2. The van der Waals surface area contributed by atoms with Crippen molar-refractivity contribution >= 4 is 22.6 Å². The third-order valence-electron chi connectivity index (χ3n) is 2.19. The number of nitrogens with two attached hydrogens (primary N) is 1. The fraction of sp³-hybridized carbons (Fsp3) is 0.364. The highest BCUT2D eigenvalue weighted by Gasteiger charge is 2.22. The van der Waals surface area contributed by atoms with Gasteiger partial charge in [-0.25, -0.2) is 0 Å². The summed E-state index contributed by atoms with van der Waals surface area (Å²) in [5.41, 5.74) is 6.26. The summed E-state index contributed by atoms with van der Waals surface area (Å²) < 4.78 is 21.3. The molecule has 0 heterocycles. The summed E-state index contributed by atoms with van der Waals surface area (Å²) in [6.45, 7) is 0. The van der Waals surface area contributed by atoms with E-state index in [2.05, 4.69) is 0 Å². The monoisotopic (exact) mass is 257 g/mol. The van der Waals surface area contributed by atoms with Crippen molar-refractivity contribution < 1.29 is 18.8 Å². The second kappa shape index (κ2) is 5.79. The molecule has 1 atom stereocenters. The largest absolute Gasteiger partial charge is 0.616 e. The van der Waals surface area contributed by atoms with Crippen molar-refractivity contribution in [1.82, 2.24) is 0 Å². The molecule has 1 aromatic carbocycles. The van der Waals surface area contributed by atoms with E-state index >= 15 is 0 Å². The summed E-state index contributed by atoms with van der Waals surface area (Å²) in [5.74, 6) is 0.294. The molecule has 0 spiro atoms. The summed E-state index contributed by atoms with van der Waals surface area (Å²) in [4.78, 5) is 11.9. The van der Waals surface area contributed by atoms with E-state index in [1.54, 1.807) is 12.1 Å². The molecule has 1 rings (SSSR count). The fourth-order valence-corrected chi connectivity index (χ4v) is 2.00. The summed E-state index contributed by atoms with van der Waals surface area (Å²) in [6, 6.07) is 3.18. The first-order valence-corrected chi connectivity index (χ1v) is 6.57. The standard InChI is InChI=1S/C11H15NO4S/c1-15-9-5-4-7(12)10(11(9)16-2)8(13)6-17(3)14/h4-5H,6,12H2,1-3H3. The normalized spacial score (nSPS) is 12.0. The molecular weight excluding hydrogens is 242 g/mol. The van der Waals surface area contributed by atoms with Crippen LogP contribution in [0, 0.1) is 0 Å². The van der Waals surface area contributed by atoms with E-state index in [1.165, 1.54) is 20.5 Å². The van der Waals surface area contributed by atoms with Crippen LogP contribution in [0.15, 0.2) is 12.1 Å². The first-order valence-electron chi connectivity index (χ1n) is 4.85. The molecule has 0 aliphatic rings. The first kappa shape index (κ1) is 13.7. The summed E-state index contributed by atoms with van der Waals surface area (Å²) in [5, 5.41) is 0. The Kier molecular flexibility index (Phi) is 4.65. The minimum atomic E-state index is -1.22. The van der Waals surface area contributed by atoms with E-state index < -0.39 is 11.2 Å². The minimum absolute atomic E-state index is 0.0896. The number of carbonyl (C=O) groups is 1. The number of anilines is 1. The molecule has 94 valence electrons. The van der Waals surface area contributed by atoms with Gasteiger partial charge in [-0.05, 0) is 23.3 Å². The average molecular weight is 257 g/mol. The molecule has 1 unspecified atom stereocenters. The molecule has 5 nitrogen and oxygen atoms in total. The van der Waals surface area contributed by atoms with Gasteiger partial charge in [-0.1, -0.05) is 0 Å². The van der Waals surface area contributed by atoms with Crippen LogP contribution < -0.4 is 15.2 Å². The smallest absolute Gasteiger partial charge is 0.217 e. The Hall–Kier alpha value is -1.40. The topological polar surface area (TPSA) is 84.6 Å². The molecule has 1 aromatic rings. The molecule has 17 heavy (non-hydrogen) atoms. The van der Waals surface area contributed by atoms with Crippen LogP contribution in [0.1, 0.15) is 10.4 Å². The van der Waals surface area contributed by atoms with Crippen LogP contribution in [0.4, 0.5) is 5.69 Å². The highest BCUT2D eigenvalue weighted by molar-refractivity contribution is 7.91. The van der Waals surface area contributed by atoms with Gasteiger partial charge in [-0.15, -0.1) is 0 Å². The number of methoxy groups -OCH3 is 2. The lowest BCUT2D eigenvalue weighted by molar-refractivity contribution is 0.101. The van der Waals surface area contributed by atoms with Crippen molar-refractivity contribution in [3.05, 3.63) is 17.7 Å². The summed E-state index contributed by atoms with van der Waals surface area (Å²) >= 11 is -1.22. The number of hydrogen-bond donors (Lipinski definition) is 1. The Balaban J connectivity index is 3.24. The van der Waals surface area contributed by atoms with Crippen molar-refractivity contribution in [2.24, 2.45) is 0 Å². The fourth-order valence-electron chi connectivity index (χ4n) is 1.49. The molecule has 2 N–H and O–H groups in total. The van der Waals surface area contributed by atoms with Gasteiger partial charge in [0.1, 0.15) is 0 Å². The molecule has 0 radical (unpaired) electrons. The number of benzene rings is 1. The van der Waals surface area contributed by atoms with Gasteiger partial charge in [0.15, 0.2) is 17.3 Å². The zero-order valence-electron chi connectivity index (χ0n) is 9.98. The Morgan fingerprint density at radius 1 is 1.41 bits per heavy atom. The maximum absolute atomic E-state index is 11.9. The van der Waals surface area contributed by atoms with Gasteiger partial charge in [0.05, 0.1) is 26.0 Å². The Labute approximate surface area is 103 Å². The van der Waals surface area contributed by atoms with Crippen molar-refractivity contribution in [3.8, 4) is 11.5 Å². The molecular formula is C11H15NO4S. The van der Waals surface area contributed by atoms with E-state index in [0.29, 0.717) is 5.75 Å². The van der Waals surface area contributed by atoms with Crippen LogP contribution >= 0.6 is 0 Å². The van der Waals surface area contributed by atoms with E-state index in [1.807, 2.05) is 0 Å². The molecule has 0 bridgehead atoms. The van der Waals surface area contributed by atoms with Crippen molar-refractivity contribution in [2.75, 3.05) is 32.0 Å². The van der Waals surface area contributed by atoms with Crippen LogP contribution in [0.5, 0.6) is 11.5 Å². The van der Waals surface area contributed by atoms with Gasteiger partial charge in [0.2, 0.25) is 5.78 Å². The molecule has 0 aliphatic carbocycles. The van der Waals surface area contributed by atoms with Crippen molar-refractivity contribution in [2.45, 2.75) is 0 Å². The maximum atomic E-state index is 11.9. The third kappa shape index (κ3) is 3.04. The van der Waals surface area contributed by atoms with Gasteiger partial charge in [-0.3, -0.25) is 4.79 Å². The SMILES string of the molecule is COc1ccc(N)c(C(=O)C[S+](C)[O-])c1OC. The highest BCUT2D eigenvalue weighted by Crippen LogP contribution is 2.35. The molecule has 0 saturated heterocycles. The van der Waals surface area contributed by atoms with Gasteiger partial charge in [0.25, 0.3) is 0 Å². The molecule has 0 aliphatic heterocycles. The number of hydrogen-bond acceptors (Lipinski definition) is 5. The predicted octanol–water partition coefficient (Wildman–Crippen LogP) is 0.847. The number of Topliss-reactive ketones (excluding diaryl/α,β-unsaturated/α-hetero) is 1. The first-order chi connectivity index (χ1) is 8.01. The quantitative estimate of drug-likeness (QED) is 0.480. The minimum Gasteiger partial charge on any atom is -0.616 e. The molecule has 0 aromatic heterocycles. The predicted molar refractivity (Wildman–Crippen MR) is 67.2 cm³/mol. The molecule has 0 fully saturated rings. The zero-order chi connectivity index (χ0) is 13.0. The summed E-state index contributed by atoms with van der Waals surface area (Å²) in [7, 11) is 2.90. The van der Waals surface area contributed by atoms with E-state index in [-0.39, 0.29) is 28.5 Å². The molecule has 0 saturated carbocycles. The van der Waals surface area contributed by atoms with Crippen LogP contribution in [-0.2, 0) is 11.2 Å². The van der Waals surface area contributed by atoms with E-state index in [9.17, 15) is 9.35 Å². The highest BCUT2D eigenvalue weighted by atomic mass is 32.2. The van der Waals surface area contributed by atoms with Crippen LogP contribution in [-0.4, -0.2) is 36.6 Å². The number of carbonyl (C=O) groups excluding carboxylic acids is 1. The van der Waals surface area contributed by atoms with Gasteiger partial charge in [0, 0.05) is 5.69 Å². The maximum Gasteiger partial charge on any atom is 0.217 e. The second-order valence-corrected chi connectivity index (χ2v) is 4.84. The Bertz CT molecular complexity index is 420. The Morgan fingerprint density at radius 2 is 2.06 bits per heavy atom. The molecule has 6 heteroatoms. The lowest BCUT2D eigenvalue weighted by Gasteiger charge is -2.14. The zero-order valence-corrected chi connectivity index (χ0v) is 10.8. The van der Waals surface area contributed by atoms with Gasteiger partial charge < -0.3 is 19.8 Å². The van der Waals surface area contributed by atoms with Gasteiger partial charge >= 0.3 is 0 Å². The third-order valence-corrected chi connectivity index (χ3v) is 2.86. The number of ketones is 1. The van der Waals surface area contributed by atoms with Gasteiger partial charge in [-0.2, -0.15) is 0 Å². The average Bonchev–Trinajstić information content (AvgIpc) is 2.27. The Morgan fingerprint density at radius 3 is 2.53 bits per heavy atom.